The SMILES string of the molecule is O=C([O-])c1cc(Cl)cc(S(=O)[O-])c1F.[Na+].[Na+]. The largest absolute Gasteiger partial charge is 1.00 e. The fourth-order valence-electron chi connectivity index (χ4n) is 0.834. The Morgan fingerprint density at radius 2 is 1.88 bits per heavy atom. The average Bonchev–Trinajstić information content (AvgIpc) is 2.07. The topological polar surface area (TPSA) is 80.3 Å². The van der Waals surface area contributed by atoms with Crippen LogP contribution in [0, 0.1) is 5.82 Å². The average molecular weight is 283 g/mol. The van der Waals surface area contributed by atoms with Crippen LogP contribution in [0.4, 0.5) is 4.39 Å². The molecule has 9 heteroatoms. The molecule has 0 heterocycles. The summed E-state index contributed by atoms with van der Waals surface area (Å²) in [6.45, 7) is 0. The van der Waals surface area contributed by atoms with Gasteiger partial charge in [-0.2, -0.15) is 0 Å². The van der Waals surface area contributed by atoms with Crippen molar-refractivity contribution in [3.63, 3.8) is 0 Å². The fraction of sp³-hybridized carbons (Fsp3) is 0. The first-order valence-electron chi connectivity index (χ1n) is 3.23. The van der Waals surface area contributed by atoms with E-state index in [0.717, 1.165) is 12.1 Å². The van der Waals surface area contributed by atoms with Crippen molar-refractivity contribution in [3.05, 3.63) is 28.5 Å². The van der Waals surface area contributed by atoms with Gasteiger partial charge in [-0.25, -0.2) is 4.39 Å². The zero-order valence-electron chi connectivity index (χ0n) is 8.45. The Bertz CT molecular complexity index is 394. The van der Waals surface area contributed by atoms with Crippen molar-refractivity contribution in [2.45, 2.75) is 4.90 Å². The summed E-state index contributed by atoms with van der Waals surface area (Å²) in [7, 11) is 0. The van der Waals surface area contributed by atoms with Crippen LogP contribution in [-0.4, -0.2) is 14.7 Å². The van der Waals surface area contributed by atoms with Crippen LogP contribution in [0.1, 0.15) is 10.4 Å². The maximum Gasteiger partial charge on any atom is 1.00 e. The van der Waals surface area contributed by atoms with E-state index in [1.54, 1.807) is 0 Å². The van der Waals surface area contributed by atoms with Crippen LogP contribution in [0.2, 0.25) is 5.02 Å². The third-order valence-corrected chi connectivity index (χ3v) is 2.28. The summed E-state index contributed by atoms with van der Waals surface area (Å²) < 4.78 is 34.0. The van der Waals surface area contributed by atoms with E-state index in [0.29, 0.717) is 0 Å². The molecule has 1 aromatic rings. The maximum absolute atomic E-state index is 13.1. The molecule has 1 rings (SSSR count). The van der Waals surface area contributed by atoms with E-state index in [1.165, 1.54) is 0 Å². The number of hydrogen-bond acceptors (Lipinski definition) is 4. The normalized spacial score (nSPS) is 10.9. The van der Waals surface area contributed by atoms with Gasteiger partial charge in [0.1, 0.15) is 5.82 Å². The number of rotatable bonds is 2. The van der Waals surface area contributed by atoms with Crippen molar-refractivity contribution in [2.75, 3.05) is 0 Å². The van der Waals surface area contributed by atoms with Gasteiger partial charge in [0.05, 0.1) is 10.9 Å². The summed E-state index contributed by atoms with van der Waals surface area (Å²) in [4.78, 5) is 9.54. The molecule has 1 atom stereocenters. The summed E-state index contributed by atoms with van der Waals surface area (Å²) in [5, 5.41) is 10.1. The van der Waals surface area contributed by atoms with Gasteiger partial charge in [0.25, 0.3) is 0 Å². The third kappa shape index (κ3) is 4.72. The van der Waals surface area contributed by atoms with Crippen molar-refractivity contribution in [3.8, 4) is 0 Å². The van der Waals surface area contributed by atoms with E-state index in [9.17, 15) is 23.1 Å². The molecule has 0 aliphatic heterocycles. The minimum atomic E-state index is -2.88. The molecule has 4 nitrogen and oxygen atoms in total. The molecule has 0 amide bonds. The van der Waals surface area contributed by atoms with Gasteiger partial charge in [-0.15, -0.1) is 0 Å². The third-order valence-electron chi connectivity index (χ3n) is 1.40. The Kier molecular flexibility index (Phi) is 9.90. The van der Waals surface area contributed by atoms with Crippen LogP contribution in [0.5, 0.6) is 0 Å². The van der Waals surface area contributed by atoms with Gasteiger partial charge in [-0.3, -0.25) is 4.21 Å². The van der Waals surface area contributed by atoms with Gasteiger partial charge in [0, 0.05) is 10.6 Å². The summed E-state index contributed by atoms with van der Waals surface area (Å²) in [6, 6.07) is 1.59. The minimum absolute atomic E-state index is 0. The Balaban J connectivity index is 0. The first-order valence-corrected chi connectivity index (χ1v) is 4.68. The molecule has 0 aromatic heterocycles. The van der Waals surface area contributed by atoms with Crippen LogP contribution in [0.25, 0.3) is 0 Å². The van der Waals surface area contributed by atoms with Crippen molar-refractivity contribution >= 4 is 28.7 Å². The Morgan fingerprint density at radius 3 is 2.25 bits per heavy atom. The number of aromatic carboxylic acids is 1. The number of carbonyl (C=O) groups excluding carboxylic acids is 1. The Labute approximate surface area is 142 Å². The summed E-state index contributed by atoms with van der Waals surface area (Å²) in [5.74, 6) is -3.19. The Morgan fingerprint density at radius 1 is 1.38 bits per heavy atom. The van der Waals surface area contributed by atoms with E-state index in [2.05, 4.69) is 0 Å². The number of benzene rings is 1. The van der Waals surface area contributed by atoms with Crippen LogP contribution >= 0.6 is 11.6 Å². The van der Waals surface area contributed by atoms with Gasteiger partial charge >= 0.3 is 59.1 Å². The van der Waals surface area contributed by atoms with Gasteiger partial charge in [-0.05, 0) is 23.2 Å². The minimum Gasteiger partial charge on any atom is -0.768 e. The smallest absolute Gasteiger partial charge is 0.768 e. The molecule has 0 radical (unpaired) electrons. The first kappa shape index (κ1) is 19.4. The van der Waals surface area contributed by atoms with E-state index >= 15 is 0 Å². The number of carboxylic acids is 1. The van der Waals surface area contributed by atoms with Crippen molar-refractivity contribution in [1.82, 2.24) is 0 Å². The second-order valence-electron chi connectivity index (χ2n) is 2.29. The van der Waals surface area contributed by atoms with Crippen molar-refractivity contribution < 1.29 is 82.2 Å². The summed E-state index contributed by atoms with van der Waals surface area (Å²) >= 11 is 2.50. The van der Waals surface area contributed by atoms with Gasteiger partial charge in [0.2, 0.25) is 0 Å². The maximum atomic E-state index is 13.1. The van der Waals surface area contributed by atoms with Crippen molar-refractivity contribution in [2.24, 2.45) is 0 Å². The Hall–Kier alpha value is 1.02. The fourth-order valence-corrected chi connectivity index (χ4v) is 1.60. The van der Waals surface area contributed by atoms with E-state index in [1.807, 2.05) is 0 Å². The first-order chi connectivity index (χ1) is 6.43. The quantitative estimate of drug-likeness (QED) is 0.400. The molecule has 0 aliphatic carbocycles. The predicted molar refractivity (Wildman–Crippen MR) is 42.9 cm³/mol. The van der Waals surface area contributed by atoms with E-state index in [-0.39, 0.29) is 64.1 Å². The number of carbonyl (C=O) groups is 1. The molecule has 1 unspecified atom stereocenters. The van der Waals surface area contributed by atoms with Gasteiger partial charge in [-0.1, -0.05) is 11.6 Å². The van der Waals surface area contributed by atoms with Crippen LogP contribution in [0.15, 0.2) is 17.0 Å². The zero-order valence-corrected chi connectivity index (χ0v) is 14.0. The van der Waals surface area contributed by atoms with Crippen LogP contribution < -0.4 is 64.2 Å². The second-order valence-corrected chi connectivity index (χ2v) is 3.63. The monoisotopic (exact) mass is 282 g/mol. The zero-order chi connectivity index (χ0) is 10.9. The molecule has 0 saturated heterocycles. The molecule has 0 saturated carbocycles. The molecule has 0 bridgehead atoms. The van der Waals surface area contributed by atoms with Crippen LogP contribution in [-0.2, 0) is 11.1 Å². The molecule has 1 aromatic carbocycles. The van der Waals surface area contributed by atoms with Crippen molar-refractivity contribution in [1.29, 1.82) is 0 Å². The molecule has 76 valence electrons. The molecule has 0 N–H and O–H groups in total. The summed E-state index contributed by atoms with van der Waals surface area (Å²) in [6.07, 6.45) is 0. The van der Waals surface area contributed by atoms with E-state index < -0.39 is 33.3 Å². The standard InChI is InChI=1S/C7H4ClFO4S.2Na/c8-3-1-4(7(10)11)6(9)5(2-3)14(12)13;;/h1-2H,(H,10,11)(H,12,13);;/q;2*+1/p-2. The number of halogens is 2. The molecular weight excluding hydrogens is 281 g/mol. The molecule has 16 heavy (non-hydrogen) atoms. The molecule has 0 aliphatic rings. The van der Waals surface area contributed by atoms with Gasteiger partial charge in [0.15, 0.2) is 0 Å². The number of carboxylic acid groups (broad SMARTS) is 1. The molecule has 0 spiro atoms. The van der Waals surface area contributed by atoms with Gasteiger partial charge < -0.3 is 14.5 Å². The summed E-state index contributed by atoms with van der Waals surface area (Å²) in [5.41, 5.74) is -0.878. The number of hydrogen-bond donors (Lipinski definition) is 0. The predicted octanol–water partition coefficient (Wildman–Crippen LogP) is -5.91. The van der Waals surface area contributed by atoms with E-state index in [4.69, 9.17) is 11.6 Å². The molecular formula is C7H2ClFNa2O4S. The van der Waals surface area contributed by atoms with Crippen LogP contribution in [0.3, 0.4) is 0 Å². The molecule has 0 fully saturated rings. The second kappa shape index (κ2) is 8.18.